The molecule has 0 aromatic carbocycles. The molecular weight excluding hydrogens is 1110 g/mol. The second kappa shape index (κ2) is 23.0. The highest BCUT2D eigenvalue weighted by molar-refractivity contribution is 5.93. The Morgan fingerprint density at radius 1 is 0.540 bits per heavy atom. The molecule has 3 saturated heterocycles. The monoisotopic (exact) mass is 1190 g/mol. The average molecular weight is 1190 g/mol. The molecule has 3 unspecified atom stereocenters. The van der Waals surface area contributed by atoms with Gasteiger partial charge in [-0.3, -0.25) is 14.4 Å². The Morgan fingerprint density at radius 3 is 1.22 bits per heavy atom. The van der Waals surface area contributed by atoms with Gasteiger partial charge in [0.05, 0.1) is 16.2 Å². The molecule has 87 heavy (non-hydrogen) atoms. The Morgan fingerprint density at radius 2 is 0.885 bits per heavy atom. The number of H-pyrrole nitrogens is 3. The fourth-order valence-electron chi connectivity index (χ4n) is 15.9. The maximum absolute atomic E-state index is 14.6. The highest BCUT2D eigenvalue weighted by Crippen LogP contribution is 2.71. The fraction of sp³-hybridized carbons (Fsp3) is 0.591. The number of hydrogen-bond acceptors (Lipinski definition) is 12. The topological polar surface area (TPSA) is 222 Å². The zero-order valence-electron chi connectivity index (χ0n) is 51.3. The van der Waals surface area contributed by atoms with Crippen LogP contribution in [0.3, 0.4) is 0 Å². The molecule has 14 atom stereocenters. The molecule has 6 aromatic heterocycles. The highest BCUT2D eigenvalue weighted by Gasteiger charge is 2.68. The molecule has 9 heterocycles. The summed E-state index contributed by atoms with van der Waals surface area (Å²) < 4.78 is 43.1. The van der Waals surface area contributed by atoms with Crippen molar-refractivity contribution in [1.29, 1.82) is 0 Å². The number of aromatic amines is 3. The fourth-order valence-corrected chi connectivity index (χ4v) is 15.9. The molecule has 3 amide bonds. The van der Waals surface area contributed by atoms with E-state index in [9.17, 15) is 27.6 Å². The minimum absolute atomic E-state index is 0.0286. The maximum Gasteiger partial charge on any atom is 0.246 e. The number of amides is 3. The number of carbonyl (C=O) groups is 3. The summed E-state index contributed by atoms with van der Waals surface area (Å²) in [5.41, 5.74) is 2.47. The number of nitrogens with zero attached hydrogens (tertiary/aromatic N) is 9. The number of likely N-dealkylation sites (tertiary alicyclic amines) is 3. The molecule has 0 radical (unpaired) electrons. The Bertz CT molecular complexity index is 3450. The first kappa shape index (κ1) is 60.0. The molecule has 6 aromatic rings. The summed E-state index contributed by atoms with van der Waals surface area (Å²) in [4.78, 5) is 78.6. The van der Waals surface area contributed by atoms with E-state index in [4.69, 9.17) is 0 Å². The first-order valence-electron chi connectivity index (χ1n) is 31.7. The summed E-state index contributed by atoms with van der Waals surface area (Å²) in [6.45, 7) is 24.1. The zero-order valence-corrected chi connectivity index (χ0v) is 51.3. The van der Waals surface area contributed by atoms with Gasteiger partial charge in [-0.2, -0.15) is 0 Å². The van der Waals surface area contributed by atoms with Crippen molar-refractivity contribution in [3.05, 3.63) is 92.2 Å². The van der Waals surface area contributed by atoms with Gasteiger partial charge in [-0.15, -0.1) is 0 Å². The van der Waals surface area contributed by atoms with Crippen molar-refractivity contribution in [3.8, 4) is 0 Å². The molecule has 6 N–H and O–H groups in total. The molecule has 21 heteroatoms. The number of piperidine rings is 3. The van der Waals surface area contributed by atoms with Crippen molar-refractivity contribution in [3.63, 3.8) is 0 Å². The van der Waals surface area contributed by atoms with Crippen molar-refractivity contribution in [2.45, 2.75) is 209 Å². The Labute approximate surface area is 507 Å². The van der Waals surface area contributed by atoms with E-state index in [-0.39, 0.29) is 70.7 Å². The van der Waals surface area contributed by atoms with Crippen molar-refractivity contribution in [2.24, 2.45) is 16.7 Å². The van der Waals surface area contributed by atoms with Gasteiger partial charge in [-0.1, -0.05) is 19.7 Å². The zero-order chi connectivity index (χ0) is 61.4. The highest BCUT2D eigenvalue weighted by atomic mass is 19.2. The number of hydrogen-bond donors (Lipinski definition) is 6. The lowest BCUT2D eigenvalue weighted by atomic mass is 9.94. The van der Waals surface area contributed by atoms with Crippen LogP contribution in [0.25, 0.3) is 33.1 Å². The van der Waals surface area contributed by atoms with Gasteiger partial charge in [0.25, 0.3) is 0 Å². The third-order valence-electron chi connectivity index (χ3n) is 21.8. The second-order valence-electron chi connectivity index (χ2n) is 27.6. The molecule has 0 bridgehead atoms. The molecule has 5 saturated carbocycles. The number of nitrogens with one attached hydrogen (secondary N) is 6. The Balaban J connectivity index is 0.000000128. The third-order valence-corrected chi connectivity index (χ3v) is 21.8. The first-order valence-corrected chi connectivity index (χ1v) is 31.7. The van der Waals surface area contributed by atoms with E-state index in [2.05, 4.69) is 101 Å². The van der Waals surface area contributed by atoms with Gasteiger partial charge in [0.15, 0.2) is 0 Å². The lowest BCUT2D eigenvalue weighted by molar-refractivity contribution is -0.130. The summed E-state index contributed by atoms with van der Waals surface area (Å²) in [6.07, 6.45) is 28.8. The van der Waals surface area contributed by atoms with Crippen molar-refractivity contribution < 1.29 is 27.6 Å². The molecule has 3 aliphatic heterocycles. The third kappa shape index (κ3) is 11.6. The maximum atomic E-state index is 14.6. The van der Waals surface area contributed by atoms with Gasteiger partial charge in [0, 0.05) is 85.3 Å². The molecule has 18 nitrogen and oxygen atoms in total. The number of carbonyl (C=O) groups excluding carboxylic acids is 3. The minimum atomic E-state index is -1.06. The van der Waals surface area contributed by atoms with Crippen LogP contribution >= 0.6 is 0 Å². The van der Waals surface area contributed by atoms with Crippen LogP contribution in [0.15, 0.2) is 75.5 Å². The first-order chi connectivity index (χ1) is 41.6. The smallest absolute Gasteiger partial charge is 0.246 e. The van der Waals surface area contributed by atoms with E-state index >= 15 is 0 Å². The quantitative estimate of drug-likeness (QED) is 0.0595. The predicted octanol–water partition coefficient (Wildman–Crippen LogP) is 11.9. The van der Waals surface area contributed by atoms with Gasteiger partial charge in [0.1, 0.15) is 70.4 Å². The number of anilines is 3. The van der Waals surface area contributed by atoms with Crippen LogP contribution in [-0.4, -0.2) is 150 Å². The molecule has 14 rings (SSSR count). The molecule has 2 spiro atoms. The number of rotatable bonds is 13. The van der Waals surface area contributed by atoms with Crippen LogP contribution in [-0.2, 0) is 20.8 Å². The van der Waals surface area contributed by atoms with E-state index in [1.165, 1.54) is 35.7 Å². The van der Waals surface area contributed by atoms with Crippen LogP contribution < -0.4 is 16.0 Å². The van der Waals surface area contributed by atoms with Gasteiger partial charge in [-0.25, -0.2) is 43.1 Å². The normalized spacial score (nSPS) is 34.0. The van der Waals surface area contributed by atoms with E-state index in [1.54, 1.807) is 33.4 Å². The van der Waals surface area contributed by atoms with E-state index in [0.717, 1.165) is 133 Å². The largest absolute Gasteiger partial charge is 0.365 e. The minimum Gasteiger partial charge on any atom is -0.365 e. The summed E-state index contributed by atoms with van der Waals surface area (Å²) >= 11 is 0. The summed E-state index contributed by atoms with van der Waals surface area (Å²) in [7, 11) is 0. The van der Waals surface area contributed by atoms with E-state index < -0.39 is 17.0 Å². The van der Waals surface area contributed by atoms with Gasteiger partial charge in [0.2, 0.25) is 17.7 Å². The second-order valence-corrected chi connectivity index (χ2v) is 27.6. The molecular formula is C66H86F3N15O3. The van der Waals surface area contributed by atoms with Gasteiger partial charge in [-0.05, 0) is 197 Å². The number of halogens is 3. The number of alkyl halides is 3. The Kier molecular flexibility index (Phi) is 15.9. The molecule has 8 aliphatic rings. The Hall–Kier alpha value is -7.32. The van der Waals surface area contributed by atoms with E-state index in [1.807, 2.05) is 33.3 Å². The van der Waals surface area contributed by atoms with Crippen LogP contribution in [0, 0.1) is 16.7 Å². The van der Waals surface area contributed by atoms with Crippen LogP contribution in [0.1, 0.15) is 166 Å². The summed E-state index contributed by atoms with van der Waals surface area (Å²) in [5.74, 6) is 2.98. The molecule has 464 valence electrons. The SMILES string of the molecule is C=CC(=O)N1C[C@H](Nc2ncnc3[nH]cc(C[C@H]4CC4(C)F)c23)CC[C@@H]1C.C=CC(=O)N1C[C@H](Nc2ncnc3[nH]cc([C@@H]4CC[C@@]5(C4)CC5(C)F)c23)CC[C@@H]1C.C=CC(=O)N1C[C@H](Nc2ncnc3[nH]cc([C@@H]4CC[C@]5(C4)CC5(C)F)c23)CC[C@@H]1C. The lowest BCUT2D eigenvalue weighted by Gasteiger charge is -2.38. The summed E-state index contributed by atoms with van der Waals surface area (Å²) in [5, 5.41) is 13.6. The van der Waals surface area contributed by atoms with Crippen molar-refractivity contribution in [2.75, 3.05) is 35.6 Å². The van der Waals surface area contributed by atoms with Crippen molar-refractivity contribution in [1.82, 2.24) is 59.6 Å². The van der Waals surface area contributed by atoms with Gasteiger partial charge < -0.3 is 45.6 Å². The lowest BCUT2D eigenvalue weighted by Crippen LogP contribution is -2.49. The van der Waals surface area contributed by atoms with Crippen LogP contribution in [0.5, 0.6) is 0 Å². The predicted molar refractivity (Wildman–Crippen MR) is 333 cm³/mol. The average Bonchev–Trinajstić information content (AvgIpc) is 1.60. The summed E-state index contributed by atoms with van der Waals surface area (Å²) in [6, 6.07) is 0.990. The number of fused-ring (bicyclic) bond motifs is 3. The van der Waals surface area contributed by atoms with Crippen LogP contribution in [0.4, 0.5) is 30.6 Å². The number of aromatic nitrogens is 9. The molecule has 5 aliphatic carbocycles. The standard InChI is InChI=1S/2C23H30FN5O.C20H26FN5O/c2*1-4-18(30)29-11-16(6-5-14(29)2)28-21-19-17(10-25-20(19)26-13-27-21)15-7-8-23(9-15)12-22(23,3)24;1-4-16(27)26-10-15(6-5-12(26)2)25-19-17-13(7-14-8-20(14,3)21)9-22-18(17)23-11-24-19/h2*4,10,13-16H,1,5-9,11-12H2,2-3H3,(H2,25,26,27,28);4,9,11-12,14-15H,1,5-8,10H2,2-3H3,(H2,22,23,24,25)/t14-,15+,16+,22?,23+;14-,15+,16+,22?,23-;12-,14-,15+,20?/m000/s1. The van der Waals surface area contributed by atoms with Gasteiger partial charge >= 0.3 is 0 Å². The molecule has 8 fully saturated rings. The van der Waals surface area contributed by atoms with Crippen molar-refractivity contribution >= 4 is 68.3 Å². The van der Waals surface area contributed by atoms with E-state index in [0.29, 0.717) is 57.2 Å². The van der Waals surface area contributed by atoms with Crippen LogP contribution in [0.2, 0.25) is 0 Å².